The van der Waals surface area contributed by atoms with Crippen molar-refractivity contribution in [1.29, 1.82) is 0 Å². The topological polar surface area (TPSA) is 144 Å². The van der Waals surface area contributed by atoms with Gasteiger partial charge in [-0.05, 0) is 56.2 Å². The van der Waals surface area contributed by atoms with E-state index in [0.717, 1.165) is 35.4 Å². The molecule has 2 aliphatic rings. The second kappa shape index (κ2) is 10.7. The van der Waals surface area contributed by atoms with E-state index in [1.165, 1.54) is 6.20 Å². The third-order valence-corrected chi connectivity index (χ3v) is 8.07. The zero-order valence-electron chi connectivity index (χ0n) is 22.6. The largest absolute Gasteiger partial charge is 0.493 e. The minimum Gasteiger partial charge on any atom is -0.493 e. The number of nitroso groups, excluding NO2 is 1. The Hall–Kier alpha value is -4.56. The SMILES string of the molecule is Cc1ccc2c(c1)c(NNC(=S)N=O)c(O)n2CN1CCN(c2cc3c(cc2F)c(=O)c(C(=O)O)cn3C2CC2)CC1. The molecule has 0 atom stereocenters. The molecule has 3 heterocycles. The van der Waals surface area contributed by atoms with E-state index < -0.39 is 17.2 Å². The number of nitrogens with one attached hydrogen (secondary N) is 2. The Labute approximate surface area is 243 Å². The Morgan fingerprint density at radius 1 is 1.12 bits per heavy atom. The lowest BCUT2D eigenvalue weighted by molar-refractivity contribution is 0.0695. The lowest BCUT2D eigenvalue weighted by Crippen LogP contribution is -2.47. The highest BCUT2D eigenvalue weighted by Gasteiger charge is 2.29. The molecule has 2 fully saturated rings. The molecule has 0 bridgehead atoms. The van der Waals surface area contributed by atoms with Crippen molar-refractivity contribution in [2.75, 3.05) is 36.5 Å². The summed E-state index contributed by atoms with van der Waals surface area (Å²) >= 11 is 4.79. The molecule has 1 aliphatic carbocycles. The molecular weight excluding hydrogens is 565 g/mol. The van der Waals surface area contributed by atoms with Gasteiger partial charge in [-0.2, -0.15) is 0 Å². The number of aromatic nitrogens is 2. The third-order valence-electron chi connectivity index (χ3n) is 7.89. The summed E-state index contributed by atoms with van der Waals surface area (Å²) in [6.45, 7) is 4.41. The molecule has 1 saturated heterocycles. The van der Waals surface area contributed by atoms with Gasteiger partial charge in [0.15, 0.2) is 0 Å². The average Bonchev–Trinajstić information content (AvgIpc) is 3.78. The minimum absolute atomic E-state index is 0.0430. The van der Waals surface area contributed by atoms with Crippen LogP contribution < -0.4 is 21.2 Å². The summed E-state index contributed by atoms with van der Waals surface area (Å²) in [5.74, 6) is -1.94. The number of carbonyl (C=O) groups is 1. The number of carboxylic acids is 1. The smallest absolute Gasteiger partial charge is 0.341 e. The van der Waals surface area contributed by atoms with Gasteiger partial charge in [0, 0.05) is 54.4 Å². The third kappa shape index (κ3) is 4.92. The molecular formula is C28H28FN7O5S. The zero-order valence-corrected chi connectivity index (χ0v) is 23.4. The summed E-state index contributed by atoms with van der Waals surface area (Å²) in [6, 6.07) is 8.66. The predicted molar refractivity (Wildman–Crippen MR) is 161 cm³/mol. The van der Waals surface area contributed by atoms with E-state index in [1.54, 1.807) is 15.2 Å². The molecule has 2 aromatic heterocycles. The van der Waals surface area contributed by atoms with E-state index >= 15 is 4.39 Å². The minimum atomic E-state index is -1.32. The molecule has 0 amide bonds. The van der Waals surface area contributed by atoms with Crippen molar-refractivity contribution in [2.24, 2.45) is 5.18 Å². The Balaban J connectivity index is 1.24. The number of thiocarbonyl (C=S) groups is 1. The molecule has 42 heavy (non-hydrogen) atoms. The van der Waals surface area contributed by atoms with Gasteiger partial charge >= 0.3 is 5.97 Å². The number of anilines is 2. The van der Waals surface area contributed by atoms with E-state index in [2.05, 4.69) is 20.9 Å². The van der Waals surface area contributed by atoms with Gasteiger partial charge in [0.2, 0.25) is 11.3 Å². The van der Waals surface area contributed by atoms with Crippen LogP contribution in [0.2, 0.25) is 0 Å². The van der Waals surface area contributed by atoms with Crippen molar-refractivity contribution >= 4 is 56.5 Å². The number of hydrogen-bond donors (Lipinski definition) is 4. The predicted octanol–water partition coefficient (Wildman–Crippen LogP) is 3.89. The van der Waals surface area contributed by atoms with Crippen LogP contribution in [-0.4, -0.2) is 61.5 Å². The Morgan fingerprint density at radius 3 is 2.52 bits per heavy atom. The maximum Gasteiger partial charge on any atom is 0.341 e. The average molecular weight is 594 g/mol. The van der Waals surface area contributed by atoms with E-state index in [9.17, 15) is 24.7 Å². The Morgan fingerprint density at radius 2 is 1.86 bits per heavy atom. The molecule has 12 nitrogen and oxygen atoms in total. The molecule has 0 unspecified atom stereocenters. The van der Waals surface area contributed by atoms with Crippen molar-refractivity contribution in [3.63, 3.8) is 0 Å². The van der Waals surface area contributed by atoms with E-state index in [1.807, 2.05) is 30.0 Å². The first-order valence-electron chi connectivity index (χ1n) is 13.5. The quantitative estimate of drug-likeness (QED) is 0.142. The fourth-order valence-electron chi connectivity index (χ4n) is 5.60. The summed E-state index contributed by atoms with van der Waals surface area (Å²) < 4.78 is 18.9. The van der Waals surface area contributed by atoms with Crippen LogP contribution in [0.25, 0.3) is 21.8 Å². The normalized spacial score (nSPS) is 15.7. The second-order valence-electron chi connectivity index (χ2n) is 10.7. The first-order chi connectivity index (χ1) is 20.2. The highest BCUT2D eigenvalue weighted by molar-refractivity contribution is 7.80. The maximum atomic E-state index is 15.4. The van der Waals surface area contributed by atoms with Crippen LogP contribution in [0.15, 0.2) is 46.5 Å². The molecule has 0 spiro atoms. The van der Waals surface area contributed by atoms with Gasteiger partial charge in [-0.3, -0.25) is 25.1 Å². The van der Waals surface area contributed by atoms with Crippen molar-refractivity contribution in [3.05, 3.63) is 68.6 Å². The number of hydrazine groups is 1. The molecule has 2 aromatic carbocycles. The number of aryl methyl sites for hydroxylation is 1. The van der Waals surface area contributed by atoms with E-state index in [0.29, 0.717) is 49.7 Å². The molecule has 4 aromatic rings. The van der Waals surface area contributed by atoms with Gasteiger partial charge in [-0.25, -0.2) is 9.18 Å². The number of aromatic carboxylic acids is 1. The summed E-state index contributed by atoms with van der Waals surface area (Å²) in [5.41, 5.74) is 7.27. The van der Waals surface area contributed by atoms with Crippen LogP contribution in [0.5, 0.6) is 5.88 Å². The Bertz CT molecular complexity index is 1830. The number of hydrogen-bond acceptors (Lipinski definition) is 8. The van der Waals surface area contributed by atoms with Gasteiger partial charge in [0.05, 0.1) is 23.4 Å². The van der Waals surface area contributed by atoms with Crippen LogP contribution >= 0.6 is 12.2 Å². The number of rotatable bonds is 7. The highest BCUT2D eigenvalue weighted by Crippen LogP contribution is 2.39. The first kappa shape index (κ1) is 27.6. The van der Waals surface area contributed by atoms with Crippen LogP contribution in [0.1, 0.15) is 34.8 Å². The number of nitrogens with zero attached hydrogens (tertiary/aromatic N) is 5. The molecule has 1 aliphatic heterocycles. The molecule has 6 rings (SSSR count). The molecule has 218 valence electrons. The van der Waals surface area contributed by atoms with E-state index in [-0.39, 0.29) is 28.0 Å². The monoisotopic (exact) mass is 593 g/mol. The number of piperazine rings is 1. The van der Waals surface area contributed by atoms with Gasteiger partial charge in [-0.1, -0.05) is 11.6 Å². The van der Waals surface area contributed by atoms with Crippen molar-refractivity contribution < 1.29 is 19.4 Å². The van der Waals surface area contributed by atoms with Gasteiger partial charge in [0.1, 0.15) is 17.1 Å². The number of benzene rings is 2. The molecule has 1 saturated carbocycles. The molecule has 14 heteroatoms. The van der Waals surface area contributed by atoms with Crippen LogP contribution in [0.3, 0.4) is 0 Å². The lowest BCUT2D eigenvalue weighted by Gasteiger charge is -2.36. The van der Waals surface area contributed by atoms with Crippen LogP contribution in [0.4, 0.5) is 15.8 Å². The Kier molecular flexibility index (Phi) is 7.02. The standard InChI is InChI=1S/C28H28FN7O5S/c1-15-2-5-21-17(10-15)24(30-31-28(42)32-41)26(38)36(21)14-33-6-8-34(9-7-33)23-12-22-18(11-20(23)29)25(37)19(27(39)40)13-35(22)16-3-4-16/h2,5,10-13,16,30,38H,3-4,6-9,14H2,1H3,(H,31,42)(H,39,40). The number of carboxylic acid groups (broad SMARTS) is 1. The second-order valence-corrected chi connectivity index (χ2v) is 11.1. The summed E-state index contributed by atoms with van der Waals surface area (Å²) in [4.78, 5) is 39.2. The molecule has 0 radical (unpaired) electrons. The first-order valence-corrected chi connectivity index (χ1v) is 13.9. The van der Waals surface area contributed by atoms with Crippen molar-refractivity contribution in [3.8, 4) is 5.88 Å². The van der Waals surface area contributed by atoms with Crippen LogP contribution in [0, 0.1) is 17.6 Å². The number of aromatic hydroxyl groups is 1. The van der Waals surface area contributed by atoms with Crippen LogP contribution in [-0.2, 0) is 6.67 Å². The summed E-state index contributed by atoms with van der Waals surface area (Å²) in [6.07, 6.45) is 3.12. The highest BCUT2D eigenvalue weighted by atomic mass is 32.1. The van der Waals surface area contributed by atoms with Gasteiger partial charge < -0.3 is 19.7 Å². The number of halogens is 1. The van der Waals surface area contributed by atoms with Gasteiger partial charge in [0.25, 0.3) is 5.11 Å². The van der Waals surface area contributed by atoms with Gasteiger partial charge in [-0.15, -0.1) is 4.91 Å². The molecule has 4 N–H and O–H groups in total. The summed E-state index contributed by atoms with van der Waals surface area (Å²) in [7, 11) is 0. The zero-order chi connectivity index (χ0) is 29.7. The van der Waals surface area contributed by atoms with E-state index in [4.69, 9.17) is 12.2 Å². The fraction of sp³-hybridized carbons (Fsp3) is 0.321. The number of pyridine rings is 1. The maximum absolute atomic E-state index is 15.4. The van der Waals surface area contributed by atoms with Crippen molar-refractivity contribution in [2.45, 2.75) is 32.5 Å². The lowest BCUT2D eigenvalue weighted by atomic mass is 10.1. The number of fused-ring (bicyclic) bond motifs is 2. The fourth-order valence-corrected chi connectivity index (χ4v) is 5.65. The summed E-state index contributed by atoms with van der Waals surface area (Å²) in [5, 5.41) is 23.8. The van der Waals surface area contributed by atoms with Crippen molar-refractivity contribution in [1.82, 2.24) is 19.5 Å².